The van der Waals surface area contributed by atoms with Crippen LogP contribution in [0.5, 0.6) is 11.5 Å². The molecule has 1 saturated heterocycles. The molecule has 0 spiro atoms. The number of hydrogen-bond acceptors (Lipinski definition) is 4. The van der Waals surface area contributed by atoms with Crippen LogP contribution < -0.4 is 20.1 Å². The van der Waals surface area contributed by atoms with Crippen molar-refractivity contribution in [1.29, 1.82) is 0 Å². The molecule has 2 atom stereocenters. The molecule has 0 aromatic heterocycles. The first kappa shape index (κ1) is 24.0. The fraction of sp³-hybridized carbons (Fsp3) is 0.458. The minimum atomic E-state index is -0.120. The molecule has 0 saturated carbocycles. The molecule has 6 heteroatoms. The van der Waals surface area contributed by atoms with Crippen molar-refractivity contribution in [3.05, 3.63) is 59.2 Å². The number of nitrogens with one attached hydrogen (secondary N) is 2. The Labute approximate surface area is 186 Å². The SMILES string of the molecule is COc1ccc(C(Cc2ccccc2C)NC(=O)CCC2CCNC2)cc1OC.Cl. The summed E-state index contributed by atoms with van der Waals surface area (Å²) in [7, 11) is 3.26. The van der Waals surface area contributed by atoms with Gasteiger partial charge in [-0.1, -0.05) is 30.3 Å². The van der Waals surface area contributed by atoms with Crippen LogP contribution in [-0.4, -0.2) is 33.2 Å². The molecule has 0 aliphatic carbocycles. The highest BCUT2D eigenvalue weighted by Gasteiger charge is 2.20. The highest BCUT2D eigenvalue weighted by molar-refractivity contribution is 5.85. The van der Waals surface area contributed by atoms with Gasteiger partial charge in [0.2, 0.25) is 5.91 Å². The number of methoxy groups -OCH3 is 2. The standard InChI is InChI=1S/C24H32N2O3.ClH/c1-17-6-4-5-7-19(17)14-21(20-9-10-22(28-2)23(15-20)29-3)26-24(27)11-8-18-12-13-25-16-18;/h4-7,9-10,15,18,21,25H,8,11-14,16H2,1-3H3,(H,26,27);1H. The van der Waals surface area contributed by atoms with Crippen LogP contribution in [0.25, 0.3) is 0 Å². The van der Waals surface area contributed by atoms with Gasteiger partial charge < -0.3 is 20.1 Å². The summed E-state index contributed by atoms with van der Waals surface area (Å²) >= 11 is 0. The molecule has 1 heterocycles. The smallest absolute Gasteiger partial charge is 0.220 e. The molecule has 1 fully saturated rings. The molecular weight excluding hydrogens is 400 g/mol. The van der Waals surface area contributed by atoms with Crippen molar-refractivity contribution in [2.75, 3.05) is 27.3 Å². The summed E-state index contributed by atoms with van der Waals surface area (Å²) < 4.78 is 10.8. The molecule has 1 aliphatic heterocycles. The average molecular weight is 433 g/mol. The predicted molar refractivity (Wildman–Crippen MR) is 123 cm³/mol. The number of carbonyl (C=O) groups is 1. The van der Waals surface area contributed by atoms with Gasteiger partial charge in [0, 0.05) is 6.42 Å². The number of rotatable bonds is 9. The van der Waals surface area contributed by atoms with Gasteiger partial charge >= 0.3 is 0 Å². The highest BCUT2D eigenvalue weighted by Crippen LogP contribution is 2.31. The second-order valence-electron chi connectivity index (χ2n) is 7.76. The Hall–Kier alpha value is -2.24. The zero-order valence-electron chi connectivity index (χ0n) is 18.1. The molecule has 2 unspecified atom stereocenters. The lowest BCUT2D eigenvalue weighted by Crippen LogP contribution is -2.30. The van der Waals surface area contributed by atoms with E-state index in [1.807, 2.05) is 30.3 Å². The van der Waals surface area contributed by atoms with E-state index >= 15 is 0 Å². The van der Waals surface area contributed by atoms with E-state index in [0.717, 1.165) is 37.9 Å². The maximum absolute atomic E-state index is 12.7. The Bertz CT molecular complexity index is 822. The van der Waals surface area contributed by atoms with E-state index in [1.165, 1.54) is 11.1 Å². The summed E-state index contributed by atoms with van der Waals surface area (Å²) in [6, 6.07) is 14.1. The molecule has 2 aromatic carbocycles. The third-order valence-corrected chi connectivity index (χ3v) is 5.77. The summed E-state index contributed by atoms with van der Waals surface area (Å²) in [4.78, 5) is 12.7. The third-order valence-electron chi connectivity index (χ3n) is 5.77. The fourth-order valence-corrected chi connectivity index (χ4v) is 3.94. The molecule has 1 aliphatic rings. The second-order valence-corrected chi connectivity index (χ2v) is 7.76. The summed E-state index contributed by atoms with van der Waals surface area (Å²) in [5.41, 5.74) is 3.47. The van der Waals surface area contributed by atoms with Crippen LogP contribution in [0.2, 0.25) is 0 Å². The highest BCUT2D eigenvalue weighted by atomic mass is 35.5. The van der Waals surface area contributed by atoms with E-state index in [9.17, 15) is 4.79 Å². The summed E-state index contributed by atoms with van der Waals surface area (Å²) in [6.07, 6.45) is 3.39. The lowest BCUT2D eigenvalue weighted by atomic mass is 9.95. The quantitative estimate of drug-likeness (QED) is 0.622. The first-order valence-corrected chi connectivity index (χ1v) is 10.4. The number of halogens is 1. The van der Waals surface area contributed by atoms with E-state index < -0.39 is 0 Å². The van der Waals surface area contributed by atoms with Gasteiger partial charge in [-0.25, -0.2) is 0 Å². The predicted octanol–water partition coefficient (Wildman–Crippen LogP) is 4.22. The molecule has 2 N–H and O–H groups in total. The van der Waals surface area contributed by atoms with Crippen LogP contribution >= 0.6 is 12.4 Å². The van der Waals surface area contributed by atoms with E-state index in [1.54, 1.807) is 14.2 Å². The first-order valence-electron chi connectivity index (χ1n) is 10.4. The Balaban J connectivity index is 0.00000320. The van der Waals surface area contributed by atoms with Crippen LogP contribution in [0.15, 0.2) is 42.5 Å². The first-order chi connectivity index (χ1) is 14.1. The Morgan fingerprint density at radius 1 is 1.17 bits per heavy atom. The Morgan fingerprint density at radius 3 is 2.60 bits per heavy atom. The van der Waals surface area contributed by atoms with E-state index in [0.29, 0.717) is 23.8 Å². The van der Waals surface area contributed by atoms with E-state index in [-0.39, 0.29) is 24.4 Å². The molecule has 3 rings (SSSR count). The van der Waals surface area contributed by atoms with Crippen LogP contribution in [0.1, 0.15) is 42.0 Å². The van der Waals surface area contributed by atoms with Gasteiger partial charge in [-0.05, 0) is 74.0 Å². The minimum Gasteiger partial charge on any atom is -0.493 e. The minimum absolute atomic E-state index is 0. The van der Waals surface area contributed by atoms with Gasteiger partial charge in [-0.3, -0.25) is 4.79 Å². The van der Waals surface area contributed by atoms with E-state index in [4.69, 9.17) is 9.47 Å². The van der Waals surface area contributed by atoms with Crippen molar-refractivity contribution in [3.63, 3.8) is 0 Å². The zero-order valence-corrected chi connectivity index (χ0v) is 18.9. The van der Waals surface area contributed by atoms with Crippen LogP contribution in [0.3, 0.4) is 0 Å². The second kappa shape index (κ2) is 11.8. The van der Waals surface area contributed by atoms with Crippen LogP contribution in [0, 0.1) is 12.8 Å². The molecular formula is C24H33ClN2O3. The van der Waals surface area contributed by atoms with Gasteiger partial charge in [0.1, 0.15) is 0 Å². The summed E-state index contributed by atoms with van der Waals surface area (Å²) in [6.45, 7) is 4.19. The maximum Gasteiger partial charge on any atom is 0.220 e. The van der Waals surface area contributed by atoms with Crippen molar-refractivity contribution < 1.29 is 14.3 Å². The molecule has 164 valence electrons. The molecule has 30 heavy (non-hydrogen) atoms. The van der Waals surface area contributed by atoms with Crippen molar-refractivity contribution in [2.45, 2.75) is 38.6 Å². The number of aryl methyl sites for hydroxylation is 1. The van der Waals surface area contributed by atoms with Crippen LogP contribution in [-0.2, 0) is 11.2 Å². The summed E-state index contributed by atoms with van der Waals surface area (Å²) in [5.74, 6) is 2.07. The number of ether oxygens (including phenoxy) is 2. The normalized spacial score (nSPS) is 16.4. The number of amides is 1. The van der Waals surface area contributed by atoms with Gasteiger partial charge in [-0.15, -0.1) is 12.4 Å². The Kier molecular flexibility index (Phi) is 9.47. The van der Waals surface area contributed by atoms with Crippen molar-refractivity contribution in [2.24, 2.45) is 5.92 Å². The molecule has 0 radical (unpaired) electrons. The van der Waals surface area contributed by atoms with Crippen molar-refractivity contribution >= 4 is 18.3 Å². The monoisotopic (exact) mass is 432 g/mol. The largest absolute Gasteiger partial charge is 0.493 e. The summed E-state index contributed by atoms with van der Waals surface area (Å²) in [5, 5.41) is 6.63. The fourth-order valence-electron chi connectivity index (χ4n) is 3.94. The van der Waals surface area contributed by atoms with Gasteiger partial charge in [-0.2, -0.15) is 0 Å². The van der Waals surface area contributed by atoms with Gasteiger partial charge in [0.15, 0.2) is 11.5 Å². The lowest BCUT2D eigenvalue weighted by Gasteiger charge is -2.22. The van der Waals surface area contributed by atoms with Gasteiger partial charge in [0.05, 0.1) is 20.3 Å². The zero-order chi connectivity index (χ0) is 20.6. The number of carbonyl (C=O) groups excluding carboxylic acids is 1. The number of hydrogen-bond donors (Lipinski definition) is 2. The number of benzene rings is 2. The average Bonchev–Trinajstić information content (AvgIpc) is 3.26. The molecule has 5 nitrogen and oxygen atoms in total. The van der Waals surface area contributed by atoms with E-state index in [2.05, 4.69) is 29.7 Å². The molecule has 0 bridgehead atoms. The van der Waals surface area contributed by atoms with Crippen molar-refractivity contribution in [1.82, 2.24) is 10.6 Å². The van der Waals surface area contributed by atoms with Crippen LogP contribution in [0.4, 0.5) is 0 Å². The maximum atomic E-state index is 12.7. The molecule has 1 amide bonds. The van der Waals surface area contributed by atoms with Gasteiger partial charge in [0.25, 0.3) is 0 Å². The molecule has 2 aromatic rings. The lowest BCUT2D eigenvalue weighted by molar-refractivity contribution is -0.122. The Morgan fingerprint density at radius 2 is 1.93 bits per heavy atom. The van der Waals surface area contributed by atoms with Crippen molar-refractivity contribution in [3.8, 4) is 11.5 Å². The third kappa shape index (κ3) is 6.38. The topological polar surface area (TPSA) is 59.6 Å².